The van der Waals surface area contributed by atoms with Crippen molar-refractivity contribution in [3.8, 4) is 11.5 Å². The van der Waals surface area contributed by atoms with Gasteiger partial charge in [0, 0.05) is 18.1 Å². The minimum Gasteiger partial charge on any atom is -0.334 e. The third-order valence-electron chi connectivity index (χ3n) is 4.38. The van der Waals surface area contributed by atoms with E-state index in [9.17, 15) is 0 Å². The van der Waals surface area contributed by atoms with Gasteiger partial charge >= 0.3 is 0 Å². The van der Waals surface area contributed by atoms with Gasteiger partial charge < -0.3 is 10.3 Å². The minimum absolute atomic E-state index is 0.415. The zero-order chi connectivity index (χ0) is 16.0. The first-order chi connectivity index (χ1) is 11.0. The smallest absolute Gasteiger partial charge is 0.259 e. The fourth-order valence-corrected chi connectivity index (χ4v) is 2.89. The summed E-state index contributed by atoms with van der Waals surface area (Å²) in [6.45, 7) is 5.16. The fourth-order valence-electron chi connectivity index (χ4n) is 2.89. The Balaban J connectivity index is 1.67. The summed E-state index contributed by atoms with van der Waals surface area (Å²) in [4.78, 5) is 8.98. The van der Waals surface area contributed by atoms with Crippen molar-refractivity contribution < 1.29 is 4.52 Å². The highest BCUT2D eigenvalue weighted by molar-refractivity contribution is 5.79. The molecule has 0 amide bonds. The van der Waals surface area contributed by atoms with E-state index in [1.165, 1.54) is 0 Å². The lowest BCUT2D eigenvalue weighted by Gasteiger charge is -2.34. The topological polar surface area (TPSA) is 95.7 Å². The summed E-state index contributed by atoms with van der Waals surface area (Å²) in [5.41, 5.74) is 7.49. The molecule has 120 valence electrons. The predicted octanol–water partition coefficient (Wildman–Crippen LogP) is 2.48. The molecule has 0 aromatic carbocycles. The van der Waals surface area contributed by atoms with Gasteiger partial charge in [0.25, 0.3) is 5.89 Å². The van der Waals surface area contributed by atoms with Crippen LogP contribution in [0.1, 0.15) is 38.9 Å². The number of hydrogen-bond acceptors (Lipinski definition) is 6. The maximum absolute atomic E-state index is 6.24. The van der Waals surface area contributed by atoms with Gasteiger partial charge in [0.05, 0.1) is 17.3 Å². The molecule has 0 saturated heterocycles. The number of nitrogens with zero attached hydrogens (tertiary/aromatic N) is 5. The Hall–Kier alpha value is -2.28. The van der Waals surface area contributed by atoms with Crippen LogP contribution in [0.4, 0.5) is 0 Å². The standard InChI is InChI=1S/C16H20N6O/c1-10(2)9-22-13-11(8-19-22)6-12(7-18-13)14-20-15(21-23-14)16(17)4-3-5-16/h6-8,10H,3-5,9,17H2,1-2H3. The molecule has 2 N–H and O–H groups in total. The monoisotopic (exact) mass is 312 g/mol. The van der Waals surface area contributed by atoms with Gasteiger partial charge in [-0.05, 0) is 31.2 Å². The molecule has 3 aromatic rings. The van der Waals surface area contributed by atoms with Crippen LogP contribution in [0.5, 0.6) is 0 Å². The Bertz CT molecular complexity index is 845. The van der Waals surface area contributed by atoms with Crippen LogP contribution in [-0.2, 0) is 12.1 Å². The summed E-state index contributed by atoms with van der Waals surface area (Å²) in [5.74, 6) is 1.57. The second-order valence-electron chi connectivity index (χ2n) is 6.79. The van der Waals surface area contributed by atoms with Crippen molar-refractivity contribution in [2.45, 2.75) is 45.2 Å². The SMILES string of the molecule is CC(C)Cn1ncc2cc(-c3nc(C4(N)CCC4)no3)cnc21. The molecular formula is C16H20N6O. The predicted molar refractivity (Wildman–Crippen MR) is 85.4 cm³/mol. The summed E-state index contributed by atoms with van der Waals surface area (Å²) in [5, 5.41) is 9.42. The van der Waals surface area contributed by atoms with E-state index in [-0.39, 0.29) is 0 Å². The van der Waals surface area contributed by atoms with Gasteiger partial charge in [-0.15, -0.1) is 0 Å². The first-order valence-corrected chi connectivity index (χ1v) is 8.00. The Morgan fingerprint density at radius 1 is 1.35 bits per heavy atom. The molecule has 0 bridgehead atoms. The molecule has 0 atom stereocenters. The number of aromatic nitrogens is 5. The van der Waals surface area contributed by atoms with Gasteiger partial charge in [-0.2, -0.15) is 10.1 Å². The minimum atomic E-state index is -0.415. The summed E-state index contributed by atoms with van der Waals surface area (Å²) in [7, 11) is 0. The quantitative estimate of drug-likeness (QED) is 0.795. The van der Waals surface area contributed by atoms with Crippen LogP contribution in [0, 0.1) is 5.92 Å². The molecule has 0 radical (unpaired) electrons. The lowest BCUT2D eigenvalue weighted by Crippen LogP contribution is -2.44. The molecule has 1 saturated carbocycles. The average Bonchev–Trinajstić information content (AvgIpc) is 3.11. The fraction of sp³-hybridized carbons (Fsp3) is 0.500. The molecular weight excluding hydrogens is 292 g/mol. The largest absolute Gasteiger partial charge is 0.334 e. The molecule has 0 unspecified atom stereocenters. The molecule has 1 aliphatic rings. The van der Waals surface area contributed by atoms with Crippen LogP contribution in [0.15, 0.2) is 23.0 Å². The van der Waals surface area contributed by atoms with Gasteiger partial charge in [-0.25, -0.2) is 9.67 Å². The van der Waals surface area contributed by atoms with Crippen LogP contribution in [0.25, 0.3) is 22.5 Å². The van der Waals surface area contributed by atoms with Crippen molar-refractivity contribution in [1.82, 2.24) is 24.9 Å². The molecule has 0 aliphatic heterocycles. The zero-order valence-electron chi connectivity index (χ0n) is 13.4. The van der Waals surface area contributed by atoms with E-state index >= 15 is 0 Å². The van der Waals surface area contributed by atoms with Crippen molar-refractivity contribution >= 4 is 11.0 Å². The second kappa shape index (κ2) is 5.13. The van der Waals surface area contributed by atoms with Crippen molar-refractivity contribution in [2.75, 3.05) is 0 Å². The summed E-state index contributed by atoms with van der Waals surface area (Å²) < 4.78 is 7.31. The van der Waals surface area contributed by atoms with Crippen LogP contribution >= 0.6 is 0 Å². The third-order valence-corrected chi connectivity index (χ3v) is 4.38. The molecule has 0 spiro atoms. The second-order valence-corrected chi connectivity index (χ2v) is 6.79. The lowest BCUT2D eigenvalue weighted by molar-refractivity contribution is 0.229. The van der Waals surface area contributed by atoms with E-state index in [1.807, 2.05) is 16.9 Å². The van der Waals surface area contributed by atoms with E-state index in [1.54, 1.807) is 6.20 Å². The van der Waals surface area contributed by atoms with Crippen LogP contribution in [-0.4, -0.2) is 24.9 Å². The van der Waals surface area contributed by atoms with E-state index in [2.05, 4.69) is 34.1 Å². The van der Waals surface area contributed by atoms with E-state index in [4.69, 9.17) is 10.3 Å². The summed E-state index contributed by atoms with van der Waals surface area (Å²) in [6.07, 6.45) is 6.50. The van der Waals surface area contributed by atoms with Crippen LogP contribution < -0.4 is 5.73 Å². The summed E-state index contributed by atoms with van der Waals surface area (Å²) in [6, 6.07) is 1.98. The first kappa shape index (κ1) is 14.3. The first-order valence-electron chi connectivity index (χ1n) is 8.00. The van der Waals surface area contributed by atoms with E-state index in [0.29, 0.717) is 17.6 Å². The van der Waals surface area contributed by atoms with Gasteiger partial charge in [-0.1, -0.05) is 19.0 Å². The zero-order valence-corrected chi connectivity index (χ0v) is 13.4. The molecule has 7 heteroatoms. The maximum Gasteiger partial charge on any atom is 0.259 e. The Labute approximate surface area is 133 Å². The Morgan fingerprint density at radius 3 is 2.87 bits per heavy atom. The van der Waals surface area contributed by atoms with Crippen molar-refractivity contribution in [1.29, 1.82) is 0 Å². The highest BCUT2D eigenvalue weighted by Crippen LogP contribution is 2.37. The lowest BCUT2D eigenvalue weighted by atomic mass is 9.77. The van der Waals surface area contributed by atoms with E-state index in [0.717, 1.165) is 42.4 Å². The molecule has 1 fully saturated rings. The molecule has 3 heterocycles. The van der Waals surface area contributed by atoms with Gasteiger partial charge in [0.15, 0.2) is 11.5 Å². The molecule has 7 nitrogen and oxygen atoms in total. The highest BCUT2D eigenvalue weighted by Gasteiger charge is 2.39. The van der Waals surface area contributed by atoms with E-state index < -0.39 is 5.54 Å². The molecule has 3 aromatic heterocycles. The van der Waals surface area contributed by atoms with Gasteiger partial charge in [0.1, 0.15) is 0 Å². The summed E-state index contributed by atoms with van der Waals surface area (Å²) >= 11 is 0. The Kier molecular flexibility index (Phi) is 3.19. The molecule has 4 rings (SSSR count). The van der Waals surface area contributed by atoms with Crippen LogP contribution in [0.2, 0.25) is 0 Å². The highest BCUT2D eigenvalue weighted by atomic mass is 16.5. The molecule has 1 aliphatic carbocycles. The van der Waals surface area contributed by atoms with Crippen molar-refractivity contribution in [3.05, 3.63) is 24.3 Å². The number of rotatable bonds is 4. The Morgan fingerprint density at radius 2 is 2.17 bits per heavy atom. The van der Waals surface area contributed by atoms with Gasteiger partial charge in [0.2, 0.25) is 0 Å². The number of fused-ring (bicyclic) bond motifs is 1. The normalized spacial score (nSPS) is 16.9. The third kappa shape index (κ3) is 2.41. The van der Waals surface area contributed by atoms with Crippen molar-refractivity contribution in [3.63, 3.8) is 0 Å². The van der Waals surface area contributed by atoms with Gasteiger partial charge in [-0.3, -0.25) is 0 Å². The van der Waals surface area contributed by atoms with Crippen molar-refractivity contribution in [2.24, 2.45) is 11.7 Å². The number of pyridine rings is 1. The average molecular weight is 312 g/mol. The van der Waals surface area contributed by atoms with Crippen LogP contribution in [0.3, 0.4) is 0 Å². The number of nitrogens with two attached hydrogens (primary N) is 1. The maximum atomic E-state index is 6.24. The molecule has 23 heavy (non-hydrogen) atoms. The number of hydrogen-bond donors (Lipinski definition) is 1.